The highest BCUT2D eigenvalue weighted by Gasteiger charge is 1.98. The SMILES string of the molecule is CN(C)/C=C(/C=O)Sc1ccccc1. The maximum atomic E-state index is 10.7. The summed E-state index contributed by atoms with van der Waals surface area (Å²) in [7, 11) is 3.80. The molecule has 0 aliphatic rings. The van der Waals surface area contributed by atoms with Crippen LogP contribution in [-0.4, -0.2) is 25.3 Å². The second kappa shape index (κ2) is 5.50. The molecule has 0 radical (unpaired) electrons. The van der Waals surface area contributed by atoms with Crippen LogP contribution in [0, 0.1) is 0 Å². The van der Waals surface area contributed by atoms with E-state index >= 15 is 0 Å². The van der Waals surface area contributed by atoms with E-state index in [0.29, 0.717) is 4.91 Å². The summed E-state index contributed by atoms with van der Waals surface area (Å²) in [6.45, 7) is 0. The minimum absolute atomic E-state index is 0.709. The van der Waals surface area contributed by atoms with Crippen LogP contribution in [0.5, 0.6) is 0 Å². The van der Waals surface area contributed by atoms with Crippen molar-refractivity contribution in [1.29, 1.82) is 0 Å². The van der Waals surface area contributed by atoms with Crippen molar-refractivity contribution in [2.45, 2.75) is 4.90 Å². The van der Waals surface area contributed by atoms with Gasteiger partial charge in [-0.3, -0.25) is 4.79 Å². The first-order valence-corrected chi connectivity index (χ1v) is 5.10. The molecule has 0 heterocycles. The third kappa shape index (κ3) is 3.66. The lowest BCUT2D eigenvalue weighted by Crippen LogP contribution is -2.02. The van der Waals surface area contributed by atoms with Gasteiger partial charge in [0.05, 0.1) is 4.91 Å². The van der Waals surface area contributed by atoms with E-state index in [4.69, 9.17) is 0 Å². The summed E-state index contributed by atoms with van der Waals surface area (Å²) < 4.78 is 0. The van der Waals surface area contributed by atoms with Crippen LogP contribution in [0.4, 0.5) is 0 Å². The van der Waals surface area contributed by atoms with Crippen LogP contribution in [0.25, 0.3) is 0 Å². The number of hydrogen-bond acceptors (Lipinski definition) is 3. The topological polar surface area (TPSA) is 20.3 Å². The van der Waals surface area contributed by atoms with Crippen molar-refractivity contribution in [2.24, 2.45) is 0 Å². The summed E-state index contributed by atoms with van der Waals surface area (Å²) in [5, 5.41) is 0. The summed E-state index contributed by atoms with van der Waals surface area (Å²) in [4.78, 5) is 14.4. The maximum absolute atomic E-state index is 10.7. The first-order chi connectivity index (χ1) is 6.72. The average Bonchev–Trinajstić information content (AvgIpc) is 2.17. The van der Waals surface area contributed by atoms with Crippen LogP contribution in [0.2, 0.25) is 0 Å². The Morgan fingerprint density at radius 3 is 2.43 bits per heavy atom. The van der Waals surface area contributed by atoms with Gasteiger partial charge < -0.3 is 4.90 Å². The molecule has 0 atom stereocenters. The fourth-order valence-corrected chi connectivity index (χ4v) is 1.84. The molecule has 74 valence electrons. The van der Waals surface area contributed by atoms with Gasteiger partial charge in [-0.15, -0.1) is 0 Å². The molecule has 1 aromatic rings. The van der Waals surface area contributed by atoms with E-state index in [1.165, 1.54) is 11.8 Å². The summed E-state index contributed by atoms with van der Waals surface area (Å²) >= 11 is 1.47. The van der Waals surface area contributed by atoms with Gasteiger partial charge in [-0.1, -0.05) is 30.0 Å². The molecule has 0 amide bonds. The lowest BCUT2D eigenvalue weighted by molar-refractivity contribution is -0.104. The number of aldehydes is 1. The molecular formula is C11H13NOS. The highest BCUT2D eigenvalue weighted by molar-refractivity contribution is 8.03. The van der Waals surface area contributed by atoms with E-state index in [1.54, 1.807) is 0 Å². The summed E-state index contributed by atoms with van der Waals surface area (Å²) in [6.07, 6.45) is 2.68. The minimum Gasteiger partial charge on any atom is -0.382 e. The minimum atomic E-state index is 0.709. The molecule has 14 heavy (non-hydrogen) atoms. The van der Waals surface area contributed by atoms with Crippen molar-refractivity contribution in [3.63, 3.8) is 0 Å². The quantitative estimate of drug-likeness (QED) is 0.429. The zero-order valence-corrected chi connectivity index (χ0v) is 9.12. The second-order valence-electron chi connectivity index (χ2n) is 3.03. The van der Waals surface area contributed by atoms with Crippen LogP contribution in [0.3, 0.4) is 0 Å². The smallest absolute Gasteiger partial charge is 0.158 e. The monoisotopic (exact) mass is 207 g/mol. The molecule has 3 heteroatoms. The van der Waals surface area contributed by atoms with Gasteiger partial charge in [0.2, 0.25) is 0 Å². The van der Waals surface area contributed by atoms with E-state index in [0.717, 1.165) is 11.2 Å². The average molecular weight is 207 g/mol. The molecule has 1 aromatic carbocycles. The van der Waals surface area contributed by atoms with Crippen LogP contribution in [-0.2, 0) is 4.79 Å². The first kappa shape index (κ1) is 10.9. The molecule has 0 unspecified atom stereocenters. The second-order valence-corrected chi connectivity index (χ2v) is 4.17. The molecule has 0 spiro atoms. The largest absolute Gasteiger partial charge is 0.382 e. The van der Waals surface area contributed by atoms with Gasteiger partial charge in [0.25, 0.3) is 0 Å². The van der Waals surface area contributed by atoms with Gasteiger partial charge in [0, 0.05) is 25.2 Å². The predicted octanol–water partition coefficient (Wildman–Crippen LogP) is 2.38. The molecule has 0 aromatic heterocycles. The van der Waals surface area contributed by atoms with Crippen molar-refractivity contribution >= 4 is 18.0 Å². The molecule has 0 aliphatic carbocycles. The highest BCUT2D eigenvalue weighted by atomic mass is 32.2. The third-order valence-corrected chi connectivity index (χ3v) is 2.43. The number of carbonyl (C=O) groups excluding carboxylic acids is 1. The van der Waals surface area contributed by atoms with E-state index < -0.39 is 0 Å². The molecule has 0 aliphatic heterocycles. The van der Waals surface area contributed by atoms with Gasteiger partial charge in [0.15, 0.2) is 6.29 Å². The predicted molar refractivity (Wildman–Crippen MR) is 60.1 cm³/mol. The van der Waals surface area contributed by atoms with Gasteiger partial charge in [0.1, 0.15) is 0 Å². The number of allylic oxidation sites excluding steroid dienone is 1. The van der Waals surface area contributed by atoms with Gasteiger partial charge in [-0.2, -0.15) is 0 Å². The summed E-state index contributed by atoms with van der Waals surface area (Å²) in [5.74, 6) is 0. The Morgan fingerprint density at radius 1 is 1.29 bits per heavy atom. The lowest BCUT2D eigenvalue weighted by Gasteiger charge is -2.06. The van der Waals surface area contributed by atoms with E-state index in [2.05, 4.69) is 0 Å². The van der Waals surface area contributed by atoms with Crippen molar-refractivity contribution in [3.8, 4) is 0 Å². The molecule has 0 saturated carbocycles. The molecule has 0 bridgehead atoms. The van der Waals surface area contributed by atoms with Gasteiger partial charge in [-0.05, 0) is 12.1 Å². The molecule has 1 rings (SSSR count). The number of benzene rings is 1. The number of nitrogens with zero attached hydrogens (tertiary/aromatic N) is 1. The fourth-order valence-electron chi connectivity index (χ4n) is 0.960. The lowest BCUT2D eigenvalue weighted by atomic mass is 10.4. The van der Waals surface area contributed by atoms with E-state index in [1.807, 2.05) is 55.5 Å². The van der Waals surface area contributed by atoms with Crippen LogP contribution in [0.1, 0.15) is 0 Å². The molecule has 2 nitrogen and oxygen atoms in total. The number of hydrogen-bond donors (Lipinski definition) is 0. The van der Waals surface area contributed by atoms with Crippen molar-refractivity contribution in [3.05, 3.63) is 41.4 Å². The number of rotatable bonds is 4. The normalized spacial score (nSPS) is 11.1. The Bertz CT molecular complexity index is 319. The Hall–Kier alpha value is -1.22. The summed E-state index contributed by atoms with van der Waals surface area (Å²) in [5.41, 5.74) is 0. The van der Waals surface area contributed by atoms with Crippen LogP contribution >= 0.6 is 11.8 Å². The molecule has 0 fully saturated rings. The Kier molecular flexibility index (Phi) is 4.26. The molecule has 0 N–H and O–H groups in total. The maximum Gasteiger partial charge on any atom is 0.158 e. The van der Waals surface area contributed by atoms with Gasteiger partial charge in [-0.25, -0.2) is 0 Å². The van der Waals surface area contributed by atoms with E-state index in [9.17, 15) is 4.79 Å². The standard InChI is InChI=1S/C11H13NOS/c1-12(2)8-11(9-13)14-10-6-4-3-5-7-10/h3-9H,1-2H3/b11-8-. The Balaban J connectivity index is 2.71. The number of thioether (sulfide) groups is 1. The Labute approximate surface area is 88.6 Å². The van der Waals surface area contributed by atoms with Crippen LogP contribution in [0.15, 0.2) is 46.3 Å². The molecular weight excluding hydrogens is 194 g/mol. The van der Waals surface area contributed by atoms with E-state index in [-0.39, 0.29) is 0 Å². The highest BCUT2D eigenvalue weighted by Crippen LogP contribution is 2.24. The fraction of sp³-hybridized carbons (Fsp3) is 0.182. The van der Waals surface area contributed by atoms with Crippen molar-refractivity contribution < 1.29 is 4.79 Å². The number of carbonyl (C=O) groups is 1. The third-order valence-electron chi connectivity index (χ3n) is 1.48. The zero-order valence-electron chi connectivity index (χ0n) is 8.31. The van der Waals surface area contributed by atoms with Gasteiger partial charge >= 0.3 is 0 Å². The van der Waals surface area contributed by atoms with Crippen molar-refractivity contribution in [1.82, 2.24) is 4.90 Å². The van der Waals surface area contributed by atoms with Crippen molar-refractivity contribution in [2.75, 3.05) is 14.1 Å². The summed E-state index contributed by atoms with van der Waals surface area (Å²) in [6, 6.07) is 9.84. The zero-order chi connectivity index (χ0) is 10.4. The Morgan fingerprint density at radius 2 is 1.93 bits per heavy atom. The first-order valence-electron chi connectivity index (χ1n) is 4.28. The van der Waals surface area contributed by atoms with Crippen LogP contribution < -0.4 is 0 Å². The molecule has 0 saturated heterocycles.